The molecule has 0 saturated carbocycles. The van der Waals surface area contributed by atoms with Crippen molar-refractivity contribution in [2.24, 2.45) is 0 Å². The average Bonchev–Trinajstić information content (AvgIpc) is 3.22. The number of rotatable bonds is 9. The quantitative estimate of drug-likeness (QED) is 0.549. The average molecular weight is 402 g/mol. The lowest BCUT2D eigenvalue weighted by Gasteiger charge is -2.17. The predicted molar refractivity (Wildman–Crippen MR) is 109 cm³/mol. The van der Waals surface area contributed by atoms with E-state index in [4.69, 9.17) is 4.42 Å². The zero-order chi connectivity index (χ0) is 20.1. The van der Waals surface area contributed by atoms with Crippen LogP contribution in [0.2, 0.25) is 0 Å². The van der Waals surface area contributed by atoms with E-state index in [1.54, 1.807) is 6.20 Å². The van der Waals surface area contributed by atoms with Crippen LogP contribution in [0.25, 0.3) is 0 Å². The van der Waals surface area contributed by atoms with E-state index >= 15 is 0 Å². The Morgan fingerprint density at radius 3 is 2.50 bits per heavy atom. The van der Waals surface area contributed by atoms with Crippen LogP contribution in [-0.2, 0) is 35.9 Å². The Balaban J connectivity index is 1.72. The molecular formula is C21H27N3O3S. The molecule has 0 aliphatic carbocycles. The van der Waals surface area contributed by atoms with E-state index in [9.17, 15) is 8.42 Å². The molecule has 0 radical (unpaired) electrons. The van der Waals surface area contributed by atoms with Crippen molar-refractivity contribution in [3.05, 3.63) is 71.4 Å². The molecule has 7 heteroatoms. The van der Waals surface area contributed by atoms with Gasteiger partial charge in [-0.2, -0.15) is 0 Å². The molecular weight excluding hydrogens is 374 g/mol. The molecule has 1 aromatic carbocycles. The smallest absolute Gasteiger partial charge is 0.227 e. The van der Waals surface area contributed by atoms with Crippen molar-refractivity contribution in [2.75, 3.05) is 13.3 Å². The van der Waals surface area contributed by atoms with Gasteiger partial charge in [0.05, 0.1) is 18.4 Å². The molecule has 0 bridgehead atoms. The standard InChI is InChI=1S/C21H27N3O3S/c1-17-11-12-20(27-17)16-23(2)15-19-14-22-21(28(3,25)26)24(19)13-7-10-18-8-5-4-6-9-18/h4-6,8-9,11-12,14H,7,10,13,15-16H2,1-3H3. The fourth-order valence-electron chi connectivity index (χ4n) is 3.31. The van der Waals surface area contributed by atoms with E-state index in [0.29, 0.717) is 19.6 Å². The highest BCUT2D eigenvalue weighted by atomic mass is 32.2. The summed E-state index contributed by atoms with van der Waals surface area (Å²) in [7, 11) is -1.40. The molecule has 28 heavy (non-hydrogen) atoms. The van der Waals surface area contributed by atoms with Crippen molar-refractivity contribution in [1.82, 2.24) is 14.5 Å². The second-order valence-electron chi connectivity index (χ2n) is 7.23. The van der Waals surface area contributed by atoms with Gasteiger partial charge in [-0.15, -0.1) is 0 Å². The Bertz CT molecular complexity index is 1010. The summed E-state index contributed by atoms with van der Waals surface area (Å²) in [5, 5.41) is 0.137. The van der Waals surface area contributed by atoms with E-state index < -0.39 is 9.84 Å². The Kier molecular flexibility index (Phi) is 6.36. The zero-order valence-corrected chi connectivity index (χ0v) is 17.4. The minimum atomic E-state index is -3.38. The van der Waals surface area contributed by atoms with Gasteiger partial charge in [0.25, 0.3) is 0 Å². The summed E-state index contributed by atoms with van der Waals surface area (Å²) in [4.78, 5) is 6.29. The molecule has 0 saturated heterocycles. The van der Waals surface area contributed by atoms with Crippen molar-refractivity contribution in [1.29, 1.82) is 0 Å². The van der Waals surface area contributed by atoms with Crippen LogP contribution in [0, 0.1) is 6.92 Å². The second kappa shape index (κ2) is 8.75. The van der Waals surface area contributed by atoms with E-state index in [0.717, 1.165) is 30.1 Å². The lowest BCUT2D eigenvalue weighted by atomic mass is 10.1. The maximum Gasteiger partial charge on any atom is 0.227 e. The van der Waals surface area contributed by atoms with Crippen molar-refractivity contribution < 1.29 is 12.8 Å². The fourth-order valence-corrected chi connectivity index (χ4v) is 4.16. The van der Waals surface area contributed by atoms with Crippen LogP contribution in [0.5, 0.6) is 0 Å². The number of aryl methyl sites for hydroxylation is 2. The molecule has 0 N–H and O–H groups in total. The molecule has 0 atom stereocenters. The Morgan fingerprint density at radius 2 is 1.86 bits per heavy atom. The summed E-state index contributed by atoms with van der Waals surface area (Å²) in [5.74, 6) is 1.77. The van der Waals surface area contributed by atoms with E-state index in [-0.39, 0.29) is 5.16 Å². The number of imidazole rings is 1. The van der Waals surface area contributed by atoms with Crippen molar-refractivity contribution in [3.8, 4) is 0 Å². The van der Waals surface area contributed by atoms with Crippen molar-refractivity contribution >= 4 is 9.84 Å². The summed E-state index contributed by atoms with van der Waals surface area (Å²) in [5.41, 5.74) is 2.13. The van der Waals surface area contributed by atoms with E-state index in [1.807, 2.05) is 48.9 Å². The summed E-state index contributed by atoms with van der Waals surface area (Å²) in [6.45, 7) is 3.77. The van der Waals surface area contributed by atoms with Crippen LogP contribution in [0.4, 0.5) is 0 Å². The van der Waals surface area contributed by atoms with Gasteiger partial charge in [0, 0.05) is 19.3 Å². The third-order valence-corrected chi connectivity index (χ3v) is 5.57. The summed E-state index contributed by atoms with van der Waals surface area (Å²) >= 11 is 0. The van der Waals surface area contributed by atoms with Crippen LogP contribution < -0.4 is 0 Å². The van der Waals surface area contributed by atoms with Crippen LogP contribution in [0.1, 0.15) is 29.2 Å². The number of sulfone groups is 1. The third kappa shape index (κ3) is 5.33. The highest BCUT2D eigenvalue weighted by molar-refractivity contribution is 7.90. The minimum absolute atomic E-state index is 0.137. The van der Waals surface area contributed by atoms with E-state index in [2.05, 4.69) is 22.0 Å². The molecule has 150 valence electrons. The maximum atomic E-state index is 12.2. The van der Waals surface area contributed by atoms with Crippen LogP contribution >= 0.6 is 0 Å². The maximum absolute atomic E-state index is 12.2. The Hall–Kier alpha value is -2.38. The van der Waals surface area contributed by atoms with Gasteiger partial charge in [-0.25, -0.2) is 13.4 Å². The molecule has 6 nitrogen and oxygen atoms in total. The van der Waals surface area contributed by atoms with Gasteiger partial charge in [-0.05, 0) is 44.5 Å². The lowest BCUT2D eigenvalue weighted by molar-refractivity contribution is 0.277. The van der Waals surface area contributed by atoms with Gasteiger partial charge in [0.1, 0.15) is 11.5 Å². The molecule has 3 rings (SSSR count). The molecule has 0 spiro atoms. The topological polar surface area (TPSA) is 68.3 Å². The van der Waals surface area contributed by atoms with E-state index in [1.165, 1.54) is 11.8 Å². The molecule has 2 heterocycles. The first kappa shape index (κ1) is 20.4. The number of nitrogens with zero attached hydrogens (tertiary/aromatic N) is 3. The molecule has 0 amide bonds. The zero-order valence-electron chi connectivity index (χ0n) is 16.6. The fraction of sp³-hybridized carbons (Fsp3) is 0.381. The first-order valence-electron chi connectivity index (χ1n) is 9.35. The first-order valence-corrected chi connectivity index (χ1v) is 11.2. The number of hydrogen-bond acceptors (Lipinski definition) is 5. The summed E-state index contributed by atoms with van der Waals surface area (Å²) < 4.78 is 31.8. The first-order chi connectivity index (χ1) is 13.3. The molecule has 0 fully saturated rings. The molecule has 0 aliphatic heterocycles. The highest BCUT2D eigenvalue weighted by Crippen LogP contribution is 2.17. The lowest BCUT2D eigenvalue weighted by Crippen LogP contribution is -2.20. The van der Waals surface area contributed by atoms with Gasteiger partial charge >= 0.3 is 0 Å². The summed E-state index contributed by atoms with van der Waals surface area (Å²) in [6, 6.07) is 14.1. The molecule has 3 aromatic rings. The predicted octanol–water partition coefficient (Wildman–Crippen LogP) is 3.45. The van der Waals surface area contributed by atoms with Gasteiger partial charge in [-0.3, -0.25) is 4.90 Å². The van der Waals surface area contributed by atoms with Crippen LogP contribution in [0.15, 0.2) is 58.2 Å². The second-order valence-corrected chi connectivity index (χ2v) is 9.14. The van der Waals surface area contributed by atoms with Crippen molar-refractivity contribution in [3.63, 3.8) is 0 Å². The Morgan fingerprint density at radius 1 is 1.11 bits per heavy atom. The van der Waals surface area contributed by atoms with Gasteiger partial charge < -0.3 is 8.98 Å². The van der Waals surface area contributed by atoms with Gasteiger partial charge in [0.2, 0.25) is 15.0 Å². The number of benzene rings is 1. The molecule has 2 aromatic heterocycles. The van der Waals surface area contributed by atoms with Crippen LogP contribution in [-0.4, -0.2) is 36.2 Å². The minimum Gasteiger partial charge on any atom is -0.465 e. The molecule has 0 unspecified atom stereocenters. The van der Waals surface area contributed by atoms with Crippen LogP contribution in [0.3, 0.4) is 0 Å². The highest BCUT2D eigenvalue weighted by Gasteiger charge is 2.19. The SMILES string of the molecule is Cc1ccc(CN(C)Cc2cnc(S(C)(=O)=O)n2CCCc2ccccc2)o1. The molecule has 0 aliphatic rings. The Labute approximate surface area is 166 Å². The number of furan rings is 1. The number of hydrogen-bond donors (Lipinski definition) is 0. The van der Waals surface area contributed by atoms with Gasteiger partial charge in [0.15, 0.2) is 0 Å². The number of aromatic nitrogens is 2. The monoisotopic (exact) mass is 401 g/mol. The summed E-state index contributed by atoms with van der Waals surface area (Å²) in [6.07, 6.45) is 4.62. The van der Waals surface area contributed by atoms with Crippen molar-refractivity contribution in [2.45, 2.75) is 44.6 Å². The van der Waals surface area contributed by atoms with Gasteiger partial charge in [-0.1, -0.05) is 30.3 Å². The largest absolute Gasteiger partial charge is 0.465 e. The normalized spacial score (nSPS) is 12.0. The third-order valence-electron chi connectivity index (χ3n) is 4.58.